The maximum Gasteiger partial charge on any atom is 0.102 e. The van der Waals surface area contributed by atoms with Crippen LogP contribution >= 0.6 is 0 Å². The summed E-state index contributed by atoms with van der Waals surface area (Å²) in [6.07, 6.45) is 0. The molecule has 0 atom stereocenters. The highest BCUT2D eigenvalue weighted by Gasteiger charge is 2.21. The summed E-state index contributed by atoms with van der Waals surface area (Å²) in [5.74, 6) is 0. The molecule has 0 N–H and O–H groups in total. The molecule has 0 aliphatic carbocycles. The molecule has 3 nitrogen and oxygen atoms in total. The van der Waals surface area contributed by atoms with Gasteiger partial charge in [-0.1, -0.05) is 140 Å². The number of para-hydroxylation sites is 2. The van der Waals surface area contributed by atoms with Gasteiger partial charge in [0.1, 0.15) is 6.07 Å². The molecule has 0 radical (unpaired) electrons. The molecule has 226 valence electrons. The van der Waals surface area contributed by atoms with Crippen LogP contribution in [0.5, 0.6) is 0 Å². The Bertz CT molecular complexity index is 2720. The molecule has 9 aromatic rings. The molecule has 3 heteroatoms. The summed E-state index contributed by atoms with van der Waals surface area (Å²) in [5.41, 5.74) is 9.86. The molecular weight excluding hydrogens is 595 g/mol. The van der Waals surface area contributed by atoms with Crippen LogP contribution in [-0.4, -0.2) is 4.57 Å². The van der Waals surface area contributed by atoms with Crippen LogP contribution in [0.3, 0.4) is 0 Å². The van der Waals surface area contributed by atoms with Gasteiger partial charge in [0, 0.05) is 16.3 Å². The monoisotopic (exact) mass is 621 g/mol. The molecule has 0 spiro atoms. The lowest BCUT2D eigenvalue weighted by Gasteiger charge is -2.18. The van der Waals surface area contributed by atoms with Crippen LogP contribution in [0.25, 0.3) is 82.4 Å². The summed E-state index contributed by atoms with van der Waals surface area (Å²) in [6, 6.07) is 61.3. The largest absolute Gasteiger partial charge is 0.308 e. The normalized spacial score (nSPS) is 11.2. The minimum absolute atomic E-state index is 0.469. The van der Waals surface area contributed by atoms with E-state index in [4.69, 9.17) is 0 Å². The van der Waals surface area contributed by atoms with E-state index in [2.05, 4.69) is 144 Å². The first-order valence-electron chi connectivity index (χ1n) is 16.3. The number of rotatable bonds is 4. The zero-order valence-corrected chi connectivity index (χ0v) is 26.4. The molecule has 0 amide bonds. The van der Waals surface area contributed by atoms with E-state index in [0.29, 0.717) is 16.7 Å². The van der Waals surface area contributed by atoms with Gasteiger partial charge >= 0.3 is 0 Å². The third-order valence-corrected chi connectivity index (χ3v) is 9.69. The van der Waals surface area contributed by atoms with Crippen LogP contribution in [0.1, 0.15) is 11.1 Å². The van der Waals surface area contributed by atoms with Crippen molar-refractivity contribution in [3.8, 4) is 51.2 Å². The highest BCUT2D eigenvalue weighted by Crippen LogP contribution is 2.44. The van der Waals surface area contributed by atoms with Gasteiger partial charge in [-0.2, -0.15) is 10.5 Å². The third-order valence-electron chi connectivity index (χ3n) is 9.69. The van der Waals surface area contributed by atoms with Gasteiger partial charge in [-0.25, -0.2) is 0 Å². The fourth-order valence-electron chi connectivity index (χ4n) is 7.63. The number of nitrogens with zero attached hydrogens (tertiary/aromatic N) is 3. The summed E-state index contributed by atoms with van der Waals surface area (Å²) < 4.78 is 2.15. The lowest BCUT2D eigenvalue weighted by Crippen LogP contribution is -2.01. The molecule has 8 aromatic carbocycles. The lowest BCUT2D eigenvalue weighted by molar-refractivity contribution is 1.17. The molecule has 0 fully saturated rings. The average molecular weight is 622 g/mol. The summed E-state index contributed by atoms with van der Waals surface area (Å²) in [7, 11) is 0. The van der Waals surface area contributed by atoms with E-state index in [1.54, 1.807) is 0 Å². The van der Waals surface area contributed by atoms with E-state index in [9.17, 15) is 10.5 Å². The Morgan fingerprint density at radius 3 is 1.22 bits per heavy atom. The minimum Gasteiger partial charge on any atom is -0.308 e. The van der Waals surface area contributed by atoms with Crippen molar-refractivity contribution in [2.24, 2.45) is 0 Å². The van der Waals surface area contributed by atoms with E-state index in [-0.39, 0.29) is 0 Å². The van der Waals surface area contributed by atoms with Crippen LogP contribution < -0.4 is 0 Å². The van der Waals surface area contributed by atoms with Gasteiger partial charge in [0.25, 0.3) is 0 Å². The Labute approximate surface area is 283 Å². The molecule has 9 rings (SSSR count). The SMILES string of the molecule is N#Cc1ccc(-n2c3ccccc3c3ccccc32)c(C#N)c1-c1ccc(-c2c3ccccc3c(-c3ccccc3)c3ccccc23)cc1. The molecule has 0 aliphatic heterocycles. The molecule has 0 saturated carbocycles. The fourth-order valence-corrected chi connectivity index (χ4v) is 7.63. The zero-order chi connectivity index (χ0) is 32.9. The van der Waals surface area contributed by atoms with Gasteiger partial charge < -0.3 is 4.57 Å². The summed E-state index contributed by atoms with van der Waals surface area (Å²) >= 11 is 0. The van der Waals surface area contributed by atoms with E-state index < -0.39 is 0 Å². The first-order chi connectivity index (χ1) is 24.3. The van der Waals surface area contributed by atoms with Crippen molar-refractivity contribution in [2.75, 3.05) is 0 Å². The second-order valence-electron chi connectivity index (χ2n) is 12.3. The Hall–Kier alpha value is -6.94. The van der Waals surface area contributed by atoms with E-state index >= 15 is 0 Å². The second kappa shape index (κ2) is 11.4. The first-order valence-corrected chi connectivity index (χ1v) is 16.3. The highest BCUT2D eigenvalue weighted by molar-refractivity contribution is 6.21. The summed E-state index contributed by atoms with van der Waals surface area (Å²) in [6.45, 7) is 0. The van der Waals surface area contributed by atoms with Gasteiger partial charge in [-0.15, -0.1) is 0 Å². The van der Waals surface area contributed by atoms with Gasteiger partial charge in [0.2, 0.25) is 0 Å². The molecule has 0 unspecified atom stereocenters. The first kappa shape index (κ1) is 28.3. The predicted octanol–water partition coefficient (Wildman–Crippen LogP) is 11.8. The number of hydrogen-bond donors (Lipinski definition) is 0. The Morgan fingerprint density at radius 1 is 0.347 bits per heavy atom. The molecule has 0 saturated heterocycles. The quantitative estimate of drug-likeness (QED) is 0.184. The highest BCUT2D eigenvalue weighted by atomic mass is 15.0. The van der Waals surface area contributed by atoms with Crippen molar-refractivity contribution in [1.29, 1.82) is 10.5 Å². The van der Waals surface area contributed by atoms with Crippen LogP contribution in [0.15, 0.2) is 164 Å². The van der Waals surface area contributed by atoms with Crippen molar-refractivity contribution < 1.29 is 0 Å². The van der Waals surface area contributed by atoms with Crippen LogP contribution in [-0.2, 0) is 0 Å². The van der Waals surface area contributed by atoms with Crippen LogP contribution in [0, 0.1) is 22.7 Å². The fraction of sp³-hybridized carbons (Fsp3) is 0. The van der Waals surface area contributed by atoms with E-state index in [1.807, 2.05) is 36.4 Å². The second-order valence-corrected chi connectivity index (χ2v) is 12.3. The van der Waals surface area contributed by atoms with Crippen LogP contribution in [0.4, 0.5) is 0 Å². The molecule has 0 bridgehead atoms. The number of aromatic nitrogens is 1. The van der Waals surface area contributed by atoms with Gasteiger partial charge in [0.15, 0.2) is 0 Å². The molecule has 49 heavy (non-hydrogen) atoms. The van der Waals surface area contributed by atoms with Gasteiger partial charge in [-0.05, 0) is 73.6 Å². The standard InChI is InChI=1S/C46H27N3/c47-28-33-26-27-43(49-41-20-10-8-14-34(41)35-15-9-11-21-42(35)49)40(29-48)44(33)31-22-24-32(25-23-31)46-38-18-6-4-16-36(38)45(30-12-2-1-3-13-30)37-17-5-7-19-39(37)46/h1-27H. The van der Waals surface area contributed by atoms with Gasteiger partial charge in [-0.3, -0.25) is 0 Å². The maximum absolute atomic E-state index is 10.7. The number of fused-ring (bicyclic) bond motifs is 5. The Balaban J connectivity index is 1.26. The van der Waals surface area contributed by atoms with Crippen LogP contribution in [0.2, 0.25) is 0 Å². The topological polar surface area (TPSA) is 52.5 Å². The zero-order valence-electron chi connectivity index (χ0n) is 26.4. The van der Waals surface area contributed by atoms with Crippen molar-refractivity contribution in [3.05, 3.63) is 175 Å². The lowest BCUT2D eigenvalue weighted by atomic mass is 9.85. The van der Waals surface area contributed by atoms with E-state index in [0.717, 1.165) is 44.2 Å². The molecule has 0 aliphatic rings. The number of nitriles is 2. The van der Waals surface area contributed by atoms with Gasteiger partial charge in [0.05, 0.1) is 33.9 Å². The summed E-state index contributed by atoms with van der Waals surface area (Å²) in [4.78, 5) is 0. The summed E-state index contributed by atoms with van der Waals surface area (Å²) in [5, 5.41) is 28.0. The Morgan fingerprint density at radius 2 is 0.755 bits per heavy atom. The van der Waals surface area contributed by atoms with Crippen molar-refractivity contribution in [3.63, 3.8) is 0 Å². The van der Waals surface area contributed by atoms with Crippen molar-refractivity contribution >= 4 is 43.4 Å². The molecule has 1 aromatic heterocycles. The van der Waals surface area contributed by atoms with Crippen molar-refractivity contribution in [1.82, 2.24) is 4.57 Å². The molecular formula is C46H27N3. The Kier molecular flexibility index (Phi) is 6.58. The number of hydrogen-bond acceptors (Lipinski definition) is 2. The minimum atomic E-state index is 0.469. The third kappa shape index (κ3) is 4.35. The maximum atomic E-state index is 10.7. The molecule has 1 heterocycles. The predicted molar refractivity (Wildman–Crippen MR) is 202 cm³/mol. The average Bonchev–Trinajstić information content (AvgIpc) is 3.51. The van der Waals surface area contributed by atoms with Crippen molar-refractivity contribution in [2.45, 2.75) is 0 Å². The van der Waals surface area contributed by atoms with E-state index in [1.165, 1.54) is 32.7 Å². The smallest absolute Gasteiger partial charge is 0.102 e. The number of benzene rings is 8.